The zero-order valence-corrected chi connectivity index (χ0v) is 11.5. The molecule has 0 atom stereocenters. The molecule has 0 aliphatic carbocycles. The zero-order valence-electron chi connectivity index (χ0n) is 10.8. The van der Waals surface area contributed by atoms with Crippen molar-refractivity contribution >= 4 is 11.6 Å². The molecule has 2 aromatic rings. The molecule has 0 radical (unpaired) electrons. The number of hydrogen-bond acceptors (Lipinski definition) is 2. The van der Waals surface area contributed by atoms with Crippen molar-refractivity contribution in [2.45, 2.75) is 19.8 Å². The van der Waals surface area contributed by atoms with Crippen LogP contribution in [0, 0.1) is 6.92 Å². The number of aryl methyl sites for hydroxylation is 2. The average molecular weight is 264 g/mol. The Morgan fingerprint density at radius 2 is 2.22 bits per heavy atom. The van der Waals surface area contributed by atoms with Gasteiger partial charge in [-0.05, 0) is 39.1 Å². The summed E-state index contributed by atoms with van der Waals surface area (Å²) in [7, 11) is 1.96. The Morgan fingerprint density at radius 3 is 2.94 bits per heavy atom. The lowest BCUT2D eigenvalue weighted by Gasteiger charge is -1.98. The second-order valence-corrected chi connectivity index (χ2v) is 4.81. The molecule has 1 aromatic carbocycles. The molecular weight excluding hydrogens is 246 g/mol. The van der Waals surface area contributed by atoms with E-state index in [2.05, 4.69) is 15.3 Å². The van der Waals surface area contributed by atoms with Crippen molar-refractivity contribution in [3.63, 3.8) is 0 Å². The number of nitrogens with one attached hydrogen (secondary N) is 2. The van der Waals surface area contributed by atoms with Crippen LogP contribution in [0.5, 0.6) is 0 Å². The second kappa shape index (κ2) is 6.03. The summed E-state index contributed by atoms with van der Waals surface area (Å²) in [6, 6.07) is 7.81. The molecule has 0 saturated carbocycles. The molecule has 0 bridgehead atoms. The van der Waals surface area contributed by atoms with E-state index in [0.717, 1.165) is 47.2 Å². The van der Waals surface area contributed by atoms with Crippen LogP contribution in [0.3, 0.4) is 0 Å². The monoisotopic (exact) mass is 263 g/mol. The van der Waals surface area contributed by atoms with E-state index >= 15 is 0 Å². The number of halogens is 1. The highest BCUT2D eigenvalue weighted by Crippen LogP contribution is 2.24. The lowest BCUT2D eigenvalue weighted by atomic mass is 10.1. The van der Waals surface area contributed by atoms with E-state index in [0.29, 0.717) is 0 Å². The van der Waals surface area contributed by atoms with Crippen molar-refractivity contribution in [3.05, 3.63) is 40.8 Å². The van der Waals surface area contributed by atoms with Gasteiger partial charge in [0.05, 0.1) is 5.69 Å². The first kappa shape index (κ1) is 13.1. The summed E-state index contributed by atoms with van der Waals surface area (Å²) in [5.74, 6) is 1.04. The van der Waals surface area contributed by atoms with Crippen molar-refractivity contribution in [1.82, 2.24) is 15.3 Å². The molecule has 1 heterocycles. The minimum absolute atomic E-state index is 0.742. The topological polar surface area (TPSA) is 40.7 Å². The smallest absolute Gasteiger partial charge is 0.107 e. The van der Waals surface area contributed by atoms with Crippen LogP contribution in [0.2, 0.25) is 5.02 Å². The third-order valence-electron chi connectivity index (χ3n) is 2.87. The van der Waals surface area contributed by atoms with E-state index < -0.39 is 0 Å². The molecule has 96 valence electrons. The maximum absolute atomic E-state index is 6.01. The minimum atomic E-state index is 0.742. The molecule has 0 aliphatic rings. The lowest BCUT2D eigenvalue weighted by Crippen LogP contribution is -2.08. The van der Waals surface area contributed by atoms with E-state index in [-0.39, 0.29) is 0 Å². The van der Waals surface area contributed by atoms with E-state index in [1.807, 2.05) is 38.2 Å². The van der Waals surface area contributed by atoms with Crippen molar-refractivity contribution < 1.29 is 0 Å². The Bertz CT molecular complexity index is 520. The van der Waals surface area contributed by atoms with E-state index in [4.69, 9.17) is 11.6 Å². The molecule has 0 unspecified atom stereocenters. The van der Waals surface area contributed by atoms with Crippen LogP contribution < -0.4 is 5.32 Å². The number of nitrogens with zero attached hydrogens (tertiary/aromatic N) is 1. The van der Waals surface area contributed by atoms with Gasteiger partial charge < -0.3 is 10.3 Å². The highest BCUT2D eigenvalue weighted by atomic mass is 35.5. The van der Waals surface area contributed by atoms with Gasteiger partial charge in [-0.2, -0.15) is 0 Å². The van der Waals surface area contributed by atoms with Gasteiger partial charge in [-0.3, -0.25) is 0 Å². The number of aromatic nitrogens is 2. The first-order valence-electron chi connectivity index (χ1n) is 6.16. The molecule has 0 aliphatic heterocycles. The number of benzene rings is 1. The Labute approximate surface area is 113 Å². The molecule has 3 nitrogen and oxygen atoms in total. The number of H-pyrrole nitrogens is 1. The van der Waals surface area contributed by atoms with Crippen LogP contribution in [0.25, 0.3) is 11.3 Å². The molecule has 0 spiro atoms. The summed E-state index contributed by atoms with van der Waals surface area (Å²) in [5.41, 5.74) is 3.16. The number of imidazole rings is 1. The number of hydrogen-bond donors (Lipinski definition) is 2. The Hall–Kier alpha value is -1.32. The highest BCUT2D eigenvalue weighted by molar-refractivity contribution is 6.30. The van der Waals surface area contributed by atoms with Gasteiger partial charge in [-0.25, -0.2) is 4.98 Å². The zero-order chi connectivity index (χ0) is 13.0. The van der Waals surface area contributed by atoms with Crippen LogP contribution in [-0.2, 0) is 6.42 Å². The fraction of sp³-hybridized carbons (Fsp3) is 0.357. The minimum Gasteiger partial charge on any atom is -0.346 e. The SMILES string of the molecule is CNCCCc1nc(-c2cccc(Cl)c2)c(C)[nH]1. The van der Waals surface area contributed by atoms with Crippen LogP contribution >= 0.6 is 11.6 Å². The fourth-order valence-electron chi connectivity index (χ4n) is 1.99. The van der Waals surface area contributed by atoms with Gasteiger partial charge in [0.15, 0.2) is 0 Å². The van der Waals surface area contributed by atoms with Gasteiger partial charge in [0.1, 0.15) is 5.82 Å². The second-order valence-electron chi connectivity index (χ2n) is 4.37. The van der Waals surface area contributed by atoms with E-state index in [1.165, 1.54) is 0 Å². The molecule has 2 rings (SSSR count). The normalized spacial score (nSPS) is 10.8. The van der Waals surface area contributed by atoms with Gasteiger partial charge >= 0.3 is 0 Å². The summed E-state index contributed by atoms with van der Waals surface area (Å²) < 4.78 is 0. The average Bonchev–Trinajstić information content (AvgIpc) is 2.71. The van der Waals surface area contributed by atoms with Gasteiger partial charge in [-0.1, -0.05) is 23.7 Å². The Balaban J connectivity index is 2.18. The van der Waals surface area contributed by atoms with E-state index in [1.54, 1.807) is 0 Å². The van der Waals surface area contributed by atoms with Gasteiger partial charge in [0.2, 0.25) is 0 Å². The highest BCUT2D eigenvalue weighted by Gasteiger charge is 2.08. The molecular formula is C14H18ClN3. The first-order valence-corrected chi connectivity index (χ1v) is 6.54. The summed E-state index contributed by atoms with van der Waals surface area (Å²) in [5, 5.41) is 3.88. The number of aromatic amines is 1. The molecule has 1 aromatic heterocycles. The van der Waals surface area contributed by atoms with Crippen LogP contribution in [0.15, 0.2) is 24.3 Å². The van der Waals surface area contributed by atoms with Crippen molar-refractivity contribution in [3.8, 4) is 11.3 Å². The van der Waals surface area contributed by atoms with Crippen LogP contribution in [0.4, 0.5) is 0 Å². The maximum atomic E-state index is 6.01. The van der Waals surface area contributed by atoms with Crippen LogP contribution in [0.1, 0.15) is 17.9 Å². The van der Waals surface area contributed by atoms with Gasteiger partial charge in [-0.15, -0.1) is 0 Å². The van der Waals surface area contributed by atoms with Gasteiger partial charge in [0, 0.05) is 22.7 Å². The largest absolute Gasteiger partial charge is 0.346 e. The predicted octanol–water partition coefficient (Wildman–Crippen LogP) is 3.19. The summed E-state index contributed by atoms with van der Waals surface area (Å²) in [6.07, 6.45) is 2.04. The van der Waals surface area contributed by atoms with Crippen molar-refractivity contribution in [1.29, 1.82) is 0 Å². The Kier molecular flexibility index (Phi) is 4.39. The molecule has 18 heavy (non-hydrogen) atoms. The fourth-order valence-corrected chi connectivity index (χ4v) is 2.18. The van der Waals surface area contributed by atoms with Gasteiger partial charge in [0.25, 0.3) is 0 Å². The first-order chi connectivity index (χ1) is 8.70. The molecule has 0 amide bonds. The molecule has 4 heteroatoms. The third kappa shape index (κ3) is 3.12. The summed E-state index contributed by atoms with van der Waals surface area (Å²) in [6.45, 7) is 3.05. The quantitative estimate of drug-likeness (QED) is 0.814. The summed E-state index contributed by atoms with van der Waals surface area (Å²) in [4.78, 5) is 7.99. The number of rotatable bonds is 5. The summed E-state index contributed by atoms with van der Waals surface area (Å²) >= 11 is 6.01. The third-order valence-corrected chi connectivity index (χ3v) is 3.11. The maximum Gasteiger partial charge on any atom is 0.107 e. The van der Waals surface area contributed by atoms with E-state index in [9.17, 15) is 0 Å². The lowest BCUT2D eigenvalue weighted by molar-refractivity contribution is 0.707. The van der Waals surface area contributed by atoms with Crippen molar-refractivity contribution in [2.24, 2.45) is 0 Å². The predicted molar refractivity (Wildman–Crippen MR) is 76.0 cm³/mol. The molecule has 2 N–H and O–H groups in total. The van der Waals surface area contributed by atoms with Crippen molar-refractivity contribution in [2.75, 3.05) is 13.6 Å². The van der Waals surface area contributed by atoms with Crippen LogP contribution in [-0.4, -0.2) is 23.6 Å². The molecule has 0 saturated heterocycles. The standard InChI is InChI=1S/C14H18ClN3/c1-10-14(11-5-3-6-12(15)9-11)18-13(17-10)7-4-8-16-2/h3,5-6,9,16H,4,7-8H2,1-2H3,(H,17,18). The molecule has 0 fully saturated rings. The Morgan fingerprint density at radius 1 is 1.39 bits per heavy atom.